The van der Waals surface area contributed by atoms with Gasteiger partial charge >= 0.3 is 0 Å². The molecule has 2 aliphatic rings. The van der Waals surface area contributed by atoms with Gasteiger partial charge in [0.05, 0.1) is 12.6 Å². The normalized spacial score (nSPS) is 22.8. The summed E-state index contributed by atoms with van der Waals surface area (Å²) in [5.41, 5.74) is 4.32. The molecule has 0 saturated carbocycles. The van der Waals surface area contributed by atoms with Crippen molar-refractivity contribution in [3.05, 3.63) is 83.2 Å². The number of hydrogen-bond acceptors (Lipinski definition) is 2. The van der Waals surface area contributed by atoms with Gasteiger partial charge in [-0.1, -0.05) is 48.6 Å². The first-order chi connectivity index (χ1) is 12.6. The highest BCUT2D eigenvalue weighted by Crippen LogP contribution is 2.36. The SMILES string of the molecule is C=C1CCO[C@@H](C(=O)N2CCc3ccccc3[C@@H]2c2ccc(F)cc2)C1. The molecule has 1 saturated heterocycles. The van der Waals surface area contributed by atoms with Crippen molar-refractivity contribution >= 4 is 5.91 Å². The van der Waals surface area contributed by atoms with Crippen LogP contribution in [0.1, 0.15) is 35.6 Å². The average molecular weight is 351 g/mol. The van der Waals surface area contributed by atoms with Crippen LogP contribution in [0.4, 0.5) is 4.39 Å². The van der Waals surface area contributed by atoms with Gasteiger partial charge in [-0.2, -0.15) is 0 Å². The second-order valence-corrected chi connectivity index (χ2v) is 7.00. The summed E-state index contributed by atoms with van der Waals surface area (Å²) in [7, 11) is 0. The van der Waals surface area contributed by atoms with Gasteiger partial charge in [-0.25, -0.2) is 4.39 Å². The number of carbonyl (C=O) groups is 1. The van der Waals surface area contributed by atoms with E-state index in [2.05, 4.69) is 18.7 Å². The second kappa shape index (κ2) is 7.04. The smallest absolute Gasteiger partial charge is 0.252 e. The Morgan fingerprint density at radius 3 is 2.65 bits per heavy atom. The lowest BCUT2D eigenvalue weighted by Gasteiger charge is -2.40. The highest BCUT2D eigenvalue weighted by atomic mass is 19.1. The van der Waals surface area contributed by atoms with E-state index in [1.807, 2.05) is 17.0 Å². The first-order valence-electron chi connectivity index (χ1n) is 9.05. The molecular weight excluding hydrogens is 329 g/mol. The van der Waals surface area contributed by atoms with Gasteiger partial charge in [-0.05, 0) is 41.7 Å². The first kappa shape index (κ1) is 17.0. The average Bonchev–Trinajstić information content (AvgIpc) is 2.67. The van der Waals surface area contributed by atoms with Gasteiger partial charge in [-0.3, -0.25) is 4.79 Å². The summed E-state index contributed by atoms with van der Waals surface area (Å²) in [6.45, 7) is 5.19. The van der Waals surface area contributed by atoms with Crippen LogP contribution in [0.3, 0.4) is 0 Å². The Morgan fingerprint density at radius 1 is 1.12 bits per heavy atom. The predicted molar refractivity (Wildman–Crippen MR) is 98.2 cm³/mol. The molecular formula is C22H22FNO2. The molecule has 2 aromatic carbocycles. The molecule has 0 aromatic heterocycles. The number of fused-ring (bicyclic) bond motifs is 1. The summed E-state index contributed by atoms with van der Waals surface area (Å²) in [5.74, 6) is -0.280. The van der Waals surface area contributed by atoms with E-state index < -0.39 is 6.10 Å². The molecule has 0 unspecified atom stereocenters. The standard InChI is InChI=1S/C22H22FNO2/c1-15-11-13-26-20(14-15)22(25)24-12-10-16-4-2-3-5-19(16)21(24)17-6-8-18(23)9-7-17/h2-9,20-21H,1,10-14H2/t20-,21+/m1/s1. The van der Waals surface area contributed by atoms with Gasteiger partial charge < -0.3 is 9.64 Å². The topological polar surface area (TPSA) is 29.5 Å². The van der Waals surface area contributed by atoms with Crippen LogP contribution in [0.5, 0.6) is 0 Å². The molecule has 2 aromatic rings. The Bertz CT molecular complexity index is 830. The van der Waals surface area contributed by atoms with Gasteiger partial charge in [0, 0.05) is 13.0 Å². The van der Waals surface area contributed by atoms with Crippen molar-refractivity contribution < 1.29 is 13.9 Å². The summed E-state index contributed by atoms with van der Waals surface area (Å²) in [6, 6.07) is 14.4. The molecule has 26 heavy (non-hydrogen) atoms. The lowest BCUT2D eigenvalue weighted by Crippen LogP contribution is -2.47. The molecule has 0 radical (unpaired) electrons. The summed E-state index contributed by atoms with van der Waals surface area (Å²) in [5, 5.41) is 0. The number of nitrogens with zero attached hydrogens (tertiary/aromatic N) is 1. The maximum atomic E-state index is 13.4. The van der Waals surface area contributed by atoms with Crippen LogP contribution in [0.2, 0.25) is 0 Å². The number of ether oxygens (including phenoxy) is 1. The van der Waals surface area contributed by atoms with Crippen LogP contribution in [-0.4, -0.2) is 30.1 Å². The fourth-order valence-corrected chi connectivity index (χ4v) is 3.92. The zero-order chi connectivity index (χ0) is 18.1. The zero-order valence-electron chi connectivity index (χ0n) is 14.7. The van der Waals surface area contributed by atoms with Crippen molar-refractivity contribution in [3.8, 4) is 0 Å². The van der Waals surface area contributed by atoms with E-state index in [-0.39, 0.29) is 17.8 Å². The molecule has 4 rings (SSSR count). The minimum Gasteiger partial charge on any atom is -0.368 e. The quantitative estimate of drug-likeness (QED) is 0.765. The van der Waals surface area contributed by atoms with E-state index in [0.29, 0.717) is 19.6 Å². The van der Waals surface area contributed by atoms with E-state index in [4.69, 9.17) is 4.74 Å². The van der Waals surface area contributed by atoms with Crippen molar-refractivity contribution in [2.24, 2.45) is 0 Å². The third-order valence-corrected chi connectivity index (χ3v) is 5.28. The number of amides is 1. The summed E-state index contributed by atoms with van der Waals surface area (Å²) < 4.78 is 19.2. The molecule has 0 aliphatic carbocycles. The lowest BCUT2D eigenvalue weighted by molar-refractivity contribution is -0.147. The summed E-state index contributed by atoms with van der Waals surface area (Å²) in [6.07, 6.45) is 1.73. The van der Waals surface area contributed by atoms with E-state index in [1.54, 1.807) is 12.1 Å². The number of hydrogen-bond donors (Lipinski definition) is 0. The van der Waals surface area contributed by atoms with Gasteiger partial charge in [-0.15, -0.1) is 0 Å². The van der Waals surface area contributed by atoms with E-state index in [1.165, 1.54) is 17.7 Å². The molecule has 4 heteroatoms. The Morgan fingerprint density at radius 2 is 1.88 bits per heavy atom. The Kier molecular flexibility index (Phi) is 4.60. The molecule has 0 bridgehead atoms. The van der Waals surface area contributed by atoms with E-state index in [9.17, 15) is 9.18 Å². The van der Waals surface area contributed by atoms with Crippen LogP contribution in [0.15, 0.2) is 60.7 Å². The maximum Gasteiger partial charge on any atom is 0.252 e. The number of carbonyl (C=O) groups excluding carboxylic acids is 1. The number of halogens is 1. The van der Waals surface area contributed by atoms with Crippen molar-refractivity contribution in [1.82, 2.24) is 4.90 Å². The minimum atomic E-state index is -0.468. The van der Waals surface area contributed by atoms with Gasteiger partial charge in [0.15, 0.2) is 0 Å². The maximum absolute atomic E-state index is 13.4. The third kappa shape index (κ3) is 3.17. The van der Waals surface area contributed by atoms with Crippen molar-refractivity contribution in [3.63, 3.8) is 0 Å². The van der Waals surface area contributed by atoms with Gasteiger partial charge in [0.25, 0.3) is 5.91 Å². The molecule has 2 heterocycles. The molecule has 134 valence electrons. The number of benzene rings is 2. The van der Waals surface area contributed by atoms with Gasteiger partial charge in [0.2, 0.25) is 0 Å². The molecule has 2 atom stereocenters. The van der Waals surface area contributed by atoms with Gasteiger partial charge in [0.1, 0.15) is 11.9 Å². The van der Waals surface area contributed by atoms with Crippen molar-refractivity contribution in [2.75, 3.05) is 13.2 Å². The Labute approximate surface area is 153 Å². The first-order valence-corrected chi connectivity index (χ1v) is 9.05. The monoisotopic (exact) mass is 351 g/mol. The number of rotatable bonds is 2. The highest BCUT2D eigenvalue weighted by Gasteiger charge is 2.36. The lowest BCUT2D eigenvalue weighted by atomic mass is 9.87. The van der Waals surface area contributed by atoms with E-state index in [0.717, 1.165) is 29.5 Å². The largest absolute Gasteiger partial charge is 0.368 e. The fraction of sp³-hybridized carbons (Fsp3) is 0.318. The Balaban J connectivity index is 1.72. The van der Waals surface area contributed by atoms with Crippen molar-refractivity contribution in [2.45, 2.75) is 31.4 Å². The predicted octanol–water partition coefficient (Wildman–Crippen LogP) is 4.04. The summed E-state index contributed by atoms with van der Waals surface area (Å²) in [4.78, 5) is 15.1. The molecule has 2 aliphatic heterocycles. The summed E-state index contributed by atoms with van der Waals surface area (Å²) >= 11 is 0. The second-order valence-electron chi connectivity index (χ2n) is 7.00. The Hall–Kier alpha value is -2.46. The third-order valence-electron chi connectivity index (χ3n) is 5.28. The molecule has 0 N–H and O–H groups in total. The van der Waals surface area contributed by atoms with Crippen LogP contribution in [-0.2, 0) is 16.0 Å². The molecule has 1 amide bonds. The molecule has 3 nitrogen and oxygen atoms in total. The van der Waals surface area contributed by atoms with Crippen LogP contribution < -0.4 is 0 Å². The van der Waals surface area contributed by atoms with Crippen LogP contribution in [0, 0.1) is 5.82 Å². The van der Waals surface area contributed by atoms with E-state index >= 15 is 0 Å². The van der Waals surface area contributed by atoms with Crippen LogP contribution in [0.25, 0.3) is 0 Å². The molecule has 0 spiro atoms. The molecule has 1 fully saturated rings. The highest BCUT2D eigenvalue weighted by molar-refractivity contribution is 5.82. The zero-order valence-corrected chi connectivity index (χ0v) is 14.7. The van der Waals surface area contributed by atoms with Crippen LogP contribution >= 0.6 is 0 Å². The fourth-order valence-electron chi connectivity index (χ4n) is 3.92. The van der Waals surface area contributed by atoms with Crippen molar-refractivity contribution in [1.29, 1.82) is 0 Å². The minimum absolute atomic E-state index is 0.00493.